The highest BCUT2D eigenvalue weighted by Gasteiger charge is 2.39. The fraction of sp³-hybridized carbons (Fsp3) is 0.458. The Bertz CT molecular complexity index is 804. The van der Waals surface area contributed by atoms with Gasteiger partial charge in [0, 0.05) is 11.8 Å². The first-order valence-corrected chi connectivity index (χ1v) is 10.1. The number of aryl methyl sites for hydroxylation is 1. The van der Waals surface area contributed by atoms with Gasteiger partial charge in [-0.2, -0.15) is 5.26 Å². The summed E-state index contributed by atoms with van der Waals surface area (Å²) in [5.41, 5.74) is 1.95. The third kappa shape index (κ3) is 5.42. The zero-order valence-corrected chi connectivity index (χ0v) is 17.4. The first-order valence-electron chi connectivity index (χ1n) is 10.1. The van der Waals surface area contributed by atoms with E-state index in [1.165, 1.54) is 31.2 Å². The molecule has 4 nitrogen and oxygen atoms in total. The average molecular weight is 379 g/mol. The van der Waals surface area contributed by atoms with Crippen LogP contribution in [-0.2, 0) is 11.2 Å². The predicted molar refractivity (Wildman–Crippen MR) is 112 cm³/mol. The number of nitriles is 1. The third-order valence-corrected chi connectivity index (χ3v) is 5.32. The van der Waals surface area contributed by atoms with Crippen molar-refractivity contribution in [2.75, 3.05) is 0 Å². The number of pyridine rings is 1. The Morgan fingerprint density at radius 1 is 1.14 bits per heavy atom. The standard InChI is InChI=1S/C24H30N2O2/c1-5-6-7-8-9-19-10-15-22(26-16-19)20-11-13-21(14-12-20)28-23(27)24(4,17-25)18(2)3/h10-16,18H,5-9H2,1-4H3. The van der Waals surface area contributed by atoms with E-state index in [4.69, 9.17) is 4.74 Å². The second-order valence-electron chi connectivity index (χ2n) is 7.75. The molecule has 28 heavy (non-hydrogen) atoms. The number of nitrogens with zero attached hydrogens (tertiary/aromatic N) is 2. The second kappa shape index (κ2) is 10.0. The van der Waals surface area contributed by atoms with Gasteiger partial charge >= 0.3 is 5.97 Å². The largest absolute Gasteiger partial charge is 0.425 e. The molecule has 1 atom stereocenters. The van der Waals surface area contributed by atoms with Gasteiger partial charge in [-0.1, -0.05) is 46.1 Å². The Morgan fingerprint density at radius 3 is 2.39 bits per heavy atom. The SMILES string of the molecule is CCCCCCc1ccc(-c2ccc(OC(=O)C(C)(C#N)C(C)C)cc2)nc1. The van der Waals surface area contributed by atoms with Crippen LogP contribution in [0.25, 0.3) is 11.3 Å². The molecule has 0 aliphatic rings. The highest BCUT2D eigenvalue weighted by molar-refractivity contribution is 5.82. The summed E-state index contributed by atoms with van der Waals surface area (Å²) in [4.78, 5) is 16.9. The molecule has 0 aliphatic heterocycles. The maximum atomic E-state index is 12.4. The fourth-order valence-corrected chi connectivity index (χ4v) is 2.82. The van der Waals surface area contributed by atoms with Crippen LogP contribution in [-0.4, -0.2) is 11.0 Å². The van der Waals surface area contributed by atoms with Crippen molar-refractivity contribution in [3.8, 4) is 23.1 Å². The van der Waals surface area contributed by atoms with Crippen molar-refractivity contribution in [2.45, 2.75) is 59.8 Å². The quantitative estimate of drug-likeness (QED) is 0.307. The monoisotopic (exact) mass is 378 g/mol. The molecule has 0 spiro atoms. The van der Waals surface area contributed by atoms with Crippen molar-refractivity contribution < 1.29 is 9.53 Å². The Kier molecular flexibility index (Phi) is 7.75. The van der Waals surface area contributed by atoms with Gasteiger partial charge in [-0.25, -0.2) is 4.79 Å². The molecule has 0 fully saturated rings. The van der Waals surface area contributed by atoms with E-state index < -0.39 is 11.4 Å². The highest BCUT2D eigenvalue weighted by atomic mass is 16.5. The molecule has 1 unspecified atom stereocenters. The lowest BCUT2D eigenvalue weighted by molar-refractivity contribution is -0.143. The van der Waals surface area contributed by atoms with E-state index >= 15 is 0 Å². The summed E-state index contributed by atoms with van der Waals surface area (Å²) in [6.45, 7) is 7.51. The summed E-state index contributed by atoms with van der Waals surface area (Å²) < 4.78 is 5.42. The smallest absolute Gasteiger partial charge is 0.331 e. The third-order valence-electron chi connectivity index (χ3n) is 5.32. The minimum atomic E-state index is -1.16. The number of ether oxygens (including phenoxy) is 1. The lowest BCUT2D eigenvalue weighted by atomic mass is 9.81. The molecule has 0 bridgehead atoms. The van der Waals surface area contributed by atoms with E-state index in [1.807, 2.05) is 38.2 Å². The van der Waals surface area contributed by atoms with Gasteiger partial charge in [0.25, 0.3) is 0 Å². The van der Waals surface area contributed by atoms with Crippen molar-refractivity contribution in [2.24, 2.45) is 11.3 Å². The molecular formula is C24H30N2O2. The number of esters is 1. The minimum Gasteiger partial charge on any atom is -0.425 e. The van der Waals surface area contributed by atoms with Gasteiger partial charge in [0.2, 0.25) is 0 Å². The van der Waals surface area contributed by atoms with Gasteiger partial charge in [0.05, 0.1) is 11.8 Å². The number of carbonyl (C=O) groups is 1. The molecule has 0 saturated carbocycles. The Labute approximate surface area is 168 Å². The van der Waals surface area contributed by atoms with E-state index in [0.29, 0.717) is 5.75 Å². The molecule has 0 saturated heterocycles. The topological polar surface area (TPSA) is 63.0 Å². The molecule has 0 aliphatic carbocycles. The Hall–Kier alpha value is -2.67. The zero-order chi connectivity index (χ0) is 20.6. The van der Waals surface area contributed by atoms with E-state index in [9.17, 15) is 10.1 Å². The number of hydrogen-bond acceptors (Lipinski definition) is 4. The van der Waals surface area contributed by atoms with Crippen LogP contribution in [0.5, 0.6) is 5.75 Å². The predicted octanol–water partition coefficient (Wildman–Crippen LogP) is 5.96. The molecule has 4 heteroatoms. The molecule has 2 aromatic rings. The van der Waals surface area contributed by atoms with Gasteiger partial charge in [-0.15, -0.1) is 0 Å². The summed E-state index contributed by atoms with van der Waals surface area (Å²) >= 11 is 0. The maximum absolute atomic E-state index is 12.4. The van der Waals surface area contributed by atoms with Crippen molar-refractivity contribution >= 4 is 5.97 Å². The van der Waals surface area contributed by atoms with Gasteiger partial charge in [-0.05, 0) is 61.6 Å². The minimum absolute atomic E-state index is 0.131. The molecule has 1 aromatic carbocycles. The normalized spacial score (nSPS) is 13.0. The maximum Gasteiger partial charge on any atom is 0.331 e. The van der Waals surface area contributed by atoms with Crippen molar-refractivity contribution in [1.82, 2.24) is 4.98 Å². The number of hydrogen-bond donors (Lipinski definition) is 0. The molecule has 148 valence electrons. The summed E-state index contributed by atoms with van der Waals surface area (Å²) in [5, 5.41) is 9.34. The van der Waals surface area contributed by atoms with Crippen LogP contribution >= 0.6 is 0 Å². The molecule has 0 amide bonds. The number of benzene rings is 1. The van der Waals surface area contributed by atoms with Crippen molar-refractivity contribution in [3.05, 3.63) is 48.2 Å². The molecule has 1 aromatic heterocycles. The van der Waals surface area contributed by atoms with Gasteiger partial charge < -0.3 is 4.74 Å². The zero-order valence-electron chi connectivity index (χ0n) is 17.4. The highest BCUT2D eigenvalue weighted by Crippen LogP contribution is 2.29. The summed E-state index contributed by atoms with van der Waals surface area (Å²) in [6, 6.07) is 13.5. The Morgan fingerprint density at radius 2 is 1.86 bits per heavy atom. The van der Waals surface area contributed by atoms with Crippen LogP contribution < -0.4 is 4.74 Å². The van der Waals surface area contributed by atoms with Crippen LogP contribution in [0.4, 0.5) is 0 Å². The number of carbonyl (C=O) groups excluding carboxylic acids is 1. The Balaban J connectivity index is 2.00. The lowest BCUT2D eigenvalue weighted by Gasteiger charge is -2.23. The average Bonchev–Trinajstić information content (AvgIpc) is 2.71. The van der Waals surface area contributed by atoms with Crippen molar-refractivity contribution in [1.29, 1.82) is 5.26 Å². The summed E-state index contributed by atoms with van der Waals surface area (Å²) in [5.74, 6) is -0.222. The van der Waals surface area contributed by atoms with Crippen molar-refractivity contribution in [3.63, 3.8) is 0 Å². The lowest BCUT2D eigenvalue weighted by Crippen LogP contribution is -2.35. The van der Waals surface area contributed by atoms with E-state index in [-0.39, 0.29) is 5.92 Å². The molecule has 0 N–H and O–H groups in total. The van der Waals surface area contributed by atoms with Crippen LogP contribution in [0.15, 0.2) is 42.6 Å². The second-order valence-corrected chi connectivity index (χ2v) is 7.75. The number of rotatable bonds is 9. The van der Waals surface area contributed by atoms with Crippen LogP contribution in [0, 0.1) is 22.7 Å². The summed E-state index contributed by atoms with van der Waals surface area (Å²) in [6.07, 6.45) is 8.00. The van der Waals surface area contributed by atoms with E-state index in [2.05, 4.69) is 24.0 Å². The molecule has 2 rings (SSSR count). The first kappa shape index (κ1) is 21.6. The summed E-state index contributed by atoms with van der Waals surface area (Å²) in [7, 11) is 0. The first-order chi connectivity index (χ1) is 13.4. The molecular weight excluding hydrogens is 348 g/mol. The van der Waals surface area contributed by atoms with E-state index in [0.717, 1.165) is 17.7 Å². The van der Waals surface area contributed by atoms with Crippen LogP contribution in [0.2, 0.25) is 0 Å². The van der Waals surface area contributed by atoms with Crippen LogP contribution in [0.1, 0.15) is 58.9 Å². The number of unbranched alkanes of at least 4 members (excludes halogenated alkanes) is 3. The van der Waals surface area contributed by atoms with Gasteiger partial charge in [-0.3, -0.25) is 4.98 Å². The van der Waals surface area contributed by atoms with E-state index in [1.54, 1.807) is 19.1 Å². The molecule has 0 radical (unpaired) electrons. The van der Waals surface area contributed by atoms with Gasteiger partial charge in [0.1, 0.15) is 5.75 Å². The number of aromatic nitrogens is 1. The fourth-order valence-electron chi connectivity index (χ4n) is 2.82. The molecule has 1 heterocycles. The van der Waals surface area contributed by atoms with Crippen LogP contribution in [0.3, 0.4) is 0 Å². The van der Waals surface area contributed by atoms with Gasteiger partial charge in [0.15, 0.2) is 5.41 Å².